The normalized spacial score (nSPS) is 30.3. The molecule has 1 aliphatic rings. The molecule has 0 aromatic carbocycles. The van der Waals surface area contributed by atoms with E-state index in [2.05, 4.69) is 25.7 Å². The van der Waals surface area contributed by atoms with Crippen molar-refractivity contribution >= 4 is 5.97 Å². The second kappa shape index (κ2) is 3.51. The van der Waals surface area contributed by atoms with Gasteiger partial charge in [-0.15, -0.1) is 0 Å². The molecule has 0 amide bonds. The first-order chi connectivity index (χ1) is 6.26. The Morgan fingerprint density at radius 1 is 1.50 bits per heavy atom. The second-order valence-corrected chi connectivity index (χ2v) is 4.98. The molecule has 1 atom stereocenters. The molecule has 1 rings (SSSR count). The van der Waals surface area contributed by atoms with Gasteiger partial charge in [-0.05, 0) is 27.7 Å². The van der Waals surface area contributed by atoms with Crippen LogP contribution in [0.4, 0.5) is 0 Å². The Bertz CT molecular complexity index is 234. The third-order valence-corrected chi connectivity index (χ3v) is 2.68. The summed E-state index contributed by atoms with van der Waals surface area (Å²) in [6, 6.07) is 0. The van der Waals surface area contributed by atoms with Gasteiger partial charge in [0.05, 0.1) is 6.61 Å². The summed E-state index contributed by atoms with van der Waals surface area (Å²) in [5.74, 6) is -0.883. The van der Waals surface area contributed by atoms with Gasteiger partial charge in [0.15, 0.2) is 5.60 Å². The fourth-order valence-corrected chi connectivity index (χ4v) is 1.57. The van der Waals surface area contributed by atoms with E-state index < -0.39 is 11.6 Å². The van der Waals surface area contributed by atoms with Crippen molar-refractivity contribution in [1.82, 2.24) is 4.90 Å². The van der Waals surface area contributed by atoms with Crippen LogP contribution in [0.25, 0.3) is 0 Å². The van der Waals surface area contributed by atoms with Crippen molar-refractivity contribution in [2.45, 2.75) is 38.8 Å². The monoisotopic (exact) mass is 201 g/mol. The van der Waals surface area contributed by atoms with Gasteiger partial charge < -0.3 is 9.84 Å². The number of hydrogen-bond acceptors (Lipinski definition) is 3. The third kappa shape index (κ3) is 2.25. The van der Waals surface area contributed by atoms with Crippen LogP contribution in [-0.2, 0) is 9.53 Å². The Kier molecular flexibility index (Phi) is 2.88. The van der Waals surface area contributed by atoms with Crippen molar-refractivity contribution in [3.8, 4) is 0 Å². The number of aliphatic carboxylic acids is 1. The van der Waals surface area contributed by atoms with Gasteiger partial charge in [-0.3, -0.25) is 4.90 Å². The van der Waals surface area contributed by atoms with Crippen molar-refractivity contribution in [3.63, 3.8) is 0 Å². The number of carbonyl (C=O) groups is 1. The summed E-state index contributed by atoms with van der Waals surface area (Å²) < 4.78 is 5.31. The van der Waals surface area contributed by atoms with E-state index in [1.807, 2.05) is 0 Å². The van der Waals surface area contributed by atoms with Gasteiger partial charge >= 0.3 is 5.97 Å². The topological polar surface area (TPSA) is 49.8 Å². The molecule has 82 valence electrons. The minimum Gasteiger partial charge on any atom is -0.479 e. The number of carboxylic acid groups (broad SMARTS) is 1. The van der Waals surface area contributed by atoms with Crippen molar-refractivity contribution in [2.75, 3.05) is 19.7 Å². The van der Waals surface area contributed by atoms with E-state index in [1.54, 1.807) is 6.92 Å². The summed E-state index contributed by atoms with van der Waals surface area (Å²) in [6.45, 7) is 9.62. The zero-order valence-electron chi connectivity index (χ0n) is 9.33. The summed E-state index contributed by atoms with van der Waals surface area (Å²) in [7, 11) is 0. The average molecular weight is 201 g/mol. The quantitative estimate of drug-likeness (QED) is 0.686. The molecule has 1 unspecified atom stereocenters. The van der Waals surface area contributed by atoms with Crippen LogP contribution >= 0.6 is 0 Å². The second-order valence-electron chi connectivity index (χ2n) is 4.98. The number of carboxylic acids is 1. The maximum Gasteiger partial charge on any atom is 0.337 e. The van der Waals surface area contributed by atoms with Gasteiger partial charge in [-0.1, -0.05) is 0 Å². The van der Waals surface area contributed by atoms with Gasteiger partial charge in [-0.25, -0.2) is 4.79 Å². The number of morpholine rings is 1. The highest BCUT2D eigenvalue weighted by atomic mass is 16.5. The Morgan fingerprint density at radius 2 is 2.07 bits per heavy atom. The van der Waals surface area contributed by atoms with Crippen molar-refractivity contribution in [3.05, 3.63) is 0 Å². The van der Waals surface area contributed by atoms with Crippen LogP contribution in [0.2, 0.25) is 0 Å². The van der Waals surface area contributed by atoms with Crippen LogP contribution in [0.5, 0.6) is 0 Å². The molecule has 0 aromatic rings. The van der Waals surface area contributed by atoms with Gasteiger partial charge in [0, 0.05) is 18.6 Å². The first kappa shape index (κ1) is 11.5. The fourth-order valence-electron chi connectivity index (χ4n) is 1.57. The largest absolute Gasteiger partial charge is 0.479 e. The highest BCUT2D eigenvalue weighted by molar-refractivity contribution is 5.77. The fraction of sp³-hybridized carbons (Fsp3) is 0.900. The van der Waals surface area contributed by atoms with Gasteiger partial charge in [0.1, 0.15) is 0 Å². The lowest BCUT2D eigenvalue weighted by Crippen LogP contribution is -2.59. The highest BCUT2D eigenvalue weighted by Crippen LogP contribution is 2.23. The molecular formula is C10H19NO3. The highest BCUT2D eigenvalue weighted by Gasteiger charge is 2.41. The van der Waals surface area contributed by atoms with Crippen LogP contribution in [0.3, 0.4) is 0 Å². The summed E-state index contributed by atoms with van der Waals surface area (Å²) in [5.41, 5.74) is -1.05. The van der Waals surface area contributed by atoms with Crippen LogP contribution in [0.1, 0.15) is 27.7 Å². The average Bonchev–Trinajstić information content (AvgIpc) is 2.02. The Morgan fingerprint density at radius 3 is 2.50 bits per heavy atom. The van der Waals surface area contributed by atoms with Gasteiger partial charge in [-0.2, -0.15) is 0 Å². The first-order valence-corrected chi connectivity index (χ1v) is 4.88. The van der Waals surface area contributed by atoms with E-state index in [4.69, 9.17) is 9.84 Å². The molecule has 14 heavy (non-hydrogen) atoms. The summed E-state index contributed by atoms with van der Waals surface area (Å²) in [6.07, 6.45) is 0. The van der Waals surface area contributed by atoms with Crippen molar-refractivity contribution < 1.29 is 14.6 Å². The lowest BCUT2D eigenvalue weighted by Gasteiger charge is -2.44. The molecule has 0 saturated carbocycles. The van der Waals surface area contributed by atoms with Crippen molar-refractivity contribution in [1.29, 1.82) is 0 Å². The molecule has 1 saturated heterocycles. The molecular weight excluding hydrogens is 182 g/mol. The first-order valence-electron chi connectivity index (χ1n) is 4.88. The predicted octanol–water partition coefficient (Wildman–Crippen LogP) is 0.960. The smallest absolute Gasteiger partial charge is 0.337 e. The van der Waals surface area contributed by atoms with E-state index in [1.165, 1.54) is 0 Å². The lowest BCUT2D eigenvalue weighted by atomic mass is 9.98. The van der Waals surface area contributed by atoms with E-state index >= 15 is 0 Å². The number of nitrogens with zero attached hydrogens (tertiary/aromatic N) is 1. The lowest BCUT2D eigenvalue weighted by molar-refractivity contribution is -0.178. The van der Waals surface area contributed by atoms with E-state index in [-0.39, 0.29) is 5.54 Å². The van der Waals surface area contributed by atoms with Crippen LogP contribution in [0, 0.1) is 0 Å². The van der Waals surface area contributed by atoms with E-state index in [0.29, 0.717) is 13.2 Å². The minimum absolute atomic E-state index is 0.000486. The zero-order chi connectivity index (χ0) is 11.0. The predicted molar refractivity (Wildman–Crippen MR) is 53.3 cm³/mol. The standard InChI is InChI=1S/C10H19NO3/c1-9(2,3)11-5-6-14-10(4,7-11)8(12)13/h5-7H2,1-4H3,(H,12,13). The van der Waals surface area contributed by atoms with Crippen LogP contribution in [0.15, 0.2) is 0 Å². The Hall–Kier alpha value is -0.610. The third-order valence-electron chi connectivity index (χ3n) is 2.68. The Balaban J connectivity index is 2.74. The van der Waals surface area contributed by atoms with Crippen LogP contribution in [-0.4, -0.2) is 46.8 Å². The summed E-state index contributed by atoms with van der Waals surface area (Å²) in [5, 5.41) is 9.03. The molecule has 1 heterocycles. The molecule has 0 spiro atoms. The molecule has 4 nitrogen and oxygen atoms in total. The van der Waals surface area contributed by atoms with Gasteiger partial charge in [0.2, 0.25) is 0 Å². The number of hydrogen-bond donors (Lipinski definition) is 1. The number of ether oxygens (including phenoxy) is 1. The van der Waals surface area contributed by atoms with Crippen LogP contribution < -0.4 is 0 Å². The molecule has 0 bridgehead atoms. The van der Waals surface area contributed by atoms with E-state index in [9.17, 15) is 4.79 Å². The summed E-state index contributed by atoms with van der Waals surface area (Å²) >= 11 is 0. The molecule has 0 aromatic heterocycles. The number of rotatable bonds is 1. The minimum atomic E-state index is -1.05. The molecule has 4 heteroatoms. The van der Waals surface area contributed by atoms with Crippen molar-refractivity contribution in [2.24, 2.45) is 0 Å². The van der Waals surface area contributed by atoms with E-state index in [0.717, 1.165) is 6.54 Å². The van der Waals surface area contributed by atoms with Gasteiger partial charge in [0.25, 0.3) is 0 Å². The molecule has 1 aliphatic heterocycles. The molecule has 0 aliphatic carbocycles. The molecule has 1 N–H and O–H groups in total. The Labute approximate surface area is 84.8 Å². The maximum atomic E-state index is 11.0. The zero-order valence-corrected chi connectivity index (χ0v) is 9.33. The maximum absolute atomic E-state index is 11.0. The SMILES string of the molecule is CC1(C(=O)O)CN(C(C)(C)C)CCO1. The molecule has 0 radical (unpaired) electrons. The molecule has 1 fully saturated rings. The summed E-state index contributed by atoms with van der Waals surface area (Å²) in [4.78, 5) is 13.1.